The fraction of sp³-hybridized carbons (Fsp3) is 0.944. The van der Waals surface area contributed by atoms with Gasteiger partial charge in [0.2, 0.25) is 0 Å². The van der Waals surface area contributed by atoms with Crippen LogP contribution in [0.3, 0.4) is 0 Å². The SMILES string of the molecule is C[C@H](NC(=O)N1CCC(OC[C@@H]2CCCCO2)CC1)C(C)(C)C. The molecule has 0 saturated carbocycles. The Morgan fingerprint density at radius 3 is 2.52 bits per heavy atom. The third-order valence-corrected chi connectivity index (χ3v) is 5.16. The summed E-state index contributed by atoms with van der Waals surface area (Å²) >= 11 is 0. The van der Waals surface area contributed by atoms with E-state index in [1.165, 1.54) is 12.8 Å². The standard InChI is InChI=1S/C18H34N2O3/c1-14(18(2,3)4)19-17(21)20-10-8-15(9-11-20)23-13-16-7-5-6-12-22-16/h14-16H,5-13H2,1-4H3,(H,19,21)/t14-,16-/m0/s1. The van der Waals surface area contributed by atoms with E-state index in [0.717, 1.165) is 39.0 Å². The number of amides is 2. The molecule has 2 heterocycles. The fourth-order valence-corrected chi connectivity index (χ4v) is 2.90. The van der Waals surface area contributed by atoms with E-state index in [-0.39, 0.29) is 29.7 Å². The molecule has 2 aliphatic rings. The molecule has 5 nitrogen and oxygen atoms in total. The number of urea groups is 1. The van der Waals surface area contributed by atoms with Crippen LogP contribution in [0.2, 0.25) is 0 Å². The first kappa shape index (κ1) is 18.5. The number of carbonyl (C=O) groups excluding carboxylic acids is 1. The second kappa shape index (κ2) is 8.34. The molecule has 2 rings (SSSR count). The molecule has 2 aliphatic heterocycles. The zero-order chi connectivity index (χ0) is 16.9. The molecule has 2 fully saturated rings. The fourth-order valence-electron chi connectivity index (χ4n) is 2.90. The van der Waals surface area contributed by atoms with Crippen molar-refractivity contribution in [1.29, 1.82) is 0 Å². The molecule has 5 heteroatoms. The molecule has 0 aromatic rings. The van der Waals surface area contributed by atoms with Crippen molar-refractivity contribution in [1.82, 2.24) is 10.2 Å². The maximum atomic E-state index is 12.3. The Morgan fingerprint density at radius 2 is 1.96 bits per heavy atom. The quantitative estimate of drug-likeness (QED) is 0.863. The molecule has 2 atom stereocenters. The van der Waals surface area contributed by atoms with Crippen LogP contribution in [0.25, 0.3) is 0 Å². The highest BCUT2D eigenvalue weighted by Gasteiger charge is 2.27. The molecule has 134 valence electrons. The van der Waals surface area contributed by atoms with Gasteiger partial charge in [-0.15, -0.1) is 0 Å². The van der Waals surface area contributed by atoms with Crippen LogP contribution in [-0.4, -0.2) is 55.5 Å². The van der Waals surface area contributed by atoms with Gasteiger partial charge in [0.15, 0.2) is 0 Å². The van der Waals surface area contributed by atoms with Crippen LogP contribution in [0.4, 0.5) is 4.79 Å². The maximum absolute atomic E-state index is 12.3. The number of hydrogen-bond acceptors (Lipinski definition) is 3. The number of piperidine rings is 1. The van der Waals surface area contributed by atoms with E-state index in [1.54, 1.807) is 0 Å². The highest BCUT2D eigenvalue weighted by atomic mass is 16.5. The monoisotopic (exact) mass is 326 g/mol. The lowest BCUT2D eigenvalue weighted by Crippen LogP contribution is -2.51. The van der Waals surface area contributed by atoms with Crippen molar-refractivity contribution in [3.05, 3.63) is 0 Å². The van der Waals surface area contributed by atoms with E-state index in [1.807, 2.05) is 4.90 Å². The summed E-state index contributed by atoms with van der Waals surface area (Å²) in [5, 5.41) is 3.11. The number of ether oxygens (including phenoxy) is 2. The molecule has 1 N–H and O–H groups in total. The van der Waals surface area contributed by atoms with Gasteiger partial charge in [0.1, 0.15) is 0 Å². The average Bonchev–Trinajstić information content (AvgIpc) is 2.53. The first-order valence-electron chi connectivity index (χ1n) is 9.15. The molecule has 0 aromatic heterocycles. The summed E-state index contributed by atoms with van der Waals surface area (Å²) in [4.78, 5) is 14.2. The van der Waals surface area contributed by atoms with Gasteiger partial charge in [0, 0.05) is 25.7 Å². The van der Waals surface area contributed by atoms with E-state index in [2.05, 4.69) is 33.0 Å². The summed E-state index contributed by atoms with van der Waals surface area (Å²) in [6, 6.07) is 0.217. The summed E-state index contributed by atoms with van der Waals surface area (Å²) in [7, 11) is 0. The number of likely N-dealkylation sites (tertiary alicyclic amines) is 1. The lowest BCUT2D eigenvalue weighted by Gasteiger charge is -2.35. The lowest BCUT2D eigenvalue weighted by atomic mass is 9.88. The Bertz CT molecular complexity index is 367. The van der Waals surface area contributed by atoms with Crippen LogP contribution < -0.4 is 5.32 Å². The van der Waals surface area contributed by atoms with E-state index >= 15 is 0 Å². The van der Waals surface area contributed by atoms with Gasteiger partial charge in [-0.2, -0.15) is 0 Å². The molecular weight excluding hydrogens is 292 g/mol. The van der Waals surface area contributed by atoms with Crippen LogP contribution in [0.5, 0.6) is 0 Å². The molecule has 0 bridgehead atoms. The molecular formula is C18H34N2O3. The number of nitrogens with zero attached hydrogens (tertiary/aromatic N) is 1. The van der Waals surface area contributed by atoms with Crippen molar-refractivity contribution >= 4 is 6.03 Å². The van der Waals surface area contributed by atoms with Gasteiger partial charge >= 0.3 is 6.03 Å². The van der Waals surface area contributed by atoms with Gasteiger partial charge in [-0.05, 0) is 44.4 Å². The highest BCUT2D eigenvalue weighted by Crippen LogP contribution is 2.20. The first-order chi connectivity index (χ1) is 10.9. The number of nitrogens with one attached hydrogen (secondary N) is 1. The van der Waals surface area contributed by atoms with Gasteiger partial charge in [0.25, 0.3) is 0 Å². The first-order valence-corrected chi connectivity index (χ1v) is 9.15. The molecule has 0 unspecified atom stereocenters. The minimum atomic E-state index is 0.0569. The predicted molar refractivity (Wildman–Crippen MR) is 91.6 cm³/mol. The van der Waals surface area contributed by atoms with Crippen molar-refractivity contribution in [3.8, 4) is 0 Å². The molecule has 0 spiro atoms. The van der Waals surface area contributed by atoms with Crippen LogP contribution >= 0.6 is 0 Å². The van der Waals surface area contributed by atoms with Gasteiger partial charge in [-0.1, -0.05) is 20.8 Å². The van der Waals surface area contributed by atoms with Gasteiger partial charge in [0.05, 0.1) is 18.8 Å². The van der Waals surface area contributed by atoms with Gasteiger partial charge < -0.3 is 19.7 Å². The minimum absolute atomic E-state index is 0.0569. The molecule has 0 aromatic carbocycles. The zero-order valence-corrected chi connectivity index (χ0v) is 15.3. The minimum Gasteiger partial charge on any atom is -0.376 e. The van der Waals surface area contributed by atoms with E-state index in [0.29, 0.717) is 6.61 Å². The molecule has 2 amide bonds. The Kier molecular flexibility index (Phi) is 6.72. The Balaban J connectivity index is 1.66. The van der Waals surface area contributed by atoms with Crippen molar-refractivity contribution in [3.63, 3.8) is 0 Å². The molecule has 2 saturated heterocycles. The Labute approximate surface area is 141 Å². The van der Waals surface area contributed by atoms with Crippen LogP contribution in [0, 0.1) is 5.41 Å². The van der Waals surface area contributed by atoms with E-state index in [9.17, 15) is 4.79 Å². The zero-order valence-electron chi connectivity index (χ0n) is 15.3. The topological polar surface area (TPSA) is 50.8 Å². The third kappa shape index (κ3) is 5.96. The van der Waals surface area contributed by atoms with Gasteiger partial charge in [-0.25, -0.2) is 4.79 Å². The smallest absolute Gasteiger partial charge is 0.317 e. The number of rotatable bonds is 4. The average molecular weight is 326 g/mol. The van der Waals surface area contributed by atoms with E-state index in [4.69, 9.17) is 9.47 Å². The Morgan fingerprint density at radius 1 is 1.26 bits per heavy atom. The molecule has 23 heavy (non-hydrogen) atoms. The largest absolute Gasteiger partial charge is 0.376 e. The van der Waals surface area contributed by atoms with Crippen molar-refractivity contribution < 1.29 is 14.3 Å². The normalized spacial score (nSPS) is 25.2. The summed E-state index contributed by atoms with van der Waals surface area (Å²) in [6.07, 6.45) is 5.93. The molecule has 0 aliphatic carbocycles. The second-order valence-corrected chi connectivity index (χ2v) is 8.05. The van der Waals surface area contributed by atoms with Crippen LogP contribution in [-0.2, 0) is 9.47 Å². The maximum Gasteiger partial charge on any atom is 0.317 e. The molecule has 0 radical (unpaired) electrons. The summed E-state index contributed by atoms with van der Waals surface area (Å²) < 4.78 is 11.7. The summed E-state index contributed by atoms with van der Waals surface area (Å²) in [6.45, 7) is 11.6. The third-order valence-electron chi connectivity index (χ3n) is 5.16. The highest BCUT2D eigenvalue weighted by molar-refractivity contribution is 5.74. The lowest BCUT2D eigenvalue weighted by molar-refractivity contribution is -0.0728. The van der Waals surface area contributed by atoms with E-state index < -0.39 is 0 Å². The van der Waals surface area contributed by atoms with Gasteiger partial charge in [-0.3, -0.25) is 0 Å². The van der Waals surface area contributed by atoms with Crippen LogP contribution in [0.1, 0.15) is 59.8 Å². The summed E-state index contributed by atoms with van der Waals surface area (Å²) in [5.41, 5.74) is 0.0804. The second-order valence-electron chi connectivity index (χ2n) is 8.05. The predicted octanol–water partition coefficient (Wildman–Crippen LogP) is 3.18. The summed E-state index contributed by atoms with van der Waals surface area (Å²) in [5.74, 6) is 0. The van der Waals surface area contributed by atoms with Crippen LogP contribution in [0.15, 0.2) is 0 Å². The van der Waals surface area contributed by atoms with Crippen molar-refractivity contribution in [2.24, 2.45) is 5.41 Å². The van der Waals surface area contributed by atoms with Crippen molar-refractivity contribution in [2.75, 3.05) is 26.3 Å². The number of carbonyl (C=O) groups is 1. The number of hydrogen-bond donors (Lipinski definition) is 1. The Hall–Kier alpha value is -0.810. The van der Waals surface area contributed by atoms with Crippen molar-refractivity contribution in [2.45, 2.75) is 78.0 Å².